The van der Waals surface area contributed by atoms with Crippen molar-refractivity contribution in [3.63, 3.8) is 0 Å². The van der Waals surface area contributed by atoms with Gasteiger partial charge in [0.15, 0.2) is 0 Å². The number of aromatic carboxylic acids is 1. The Morgan fingerprint density at radius 2 is 1.64 bits per heavy atom. The lowest BCUT2D eigenvalue weighted by molar-refractivity contribution is -0.120. The van der Waals surface area contributed by atoms with Gasteiger partial charge in [0.25, 0.3) is 17.7 Å². The lowest BCUT2D eigenvalue weighted by atomic mass is 10.1. The molecule has 22 heavy (non-hydrogen) atoms. The van der Waals surface area contributed by atoms with Gasteiger partial charge in [-0.05, 0) is 18.2 Å². The molecule has 2 heterocycles. The molecule has 2 aliphatic rings. The van der Waals surface area contributed by atoms with Gasteiger partial charge in [0.2, 0.25) is 0 Å². The van der Waals surface area contributed by atoms with Gasteiger partial charge >= 0.3 is 5.97 Å². The Kier molecular flexibility index (Phi) is 3.10. The number of hydrogen-bond acceptors (Lipinski definition) is 4. The minimum Gasteiger partial charge on any atom is -0.478 e. The largest absolute Gasteiger partial charge is 0.478 e. The van der Waals surface area contributed by atoms with Crippen LogP contribution in [0.2, 0.25) is 0 Å². The molecule has 0 unspecified atom stereocenters. The maximum atomic E-state index is 11.9. The van der Waals surface area contributed by atoms with Gasteiger partial charge in [0, 0.05) is 24.8 Å². The SMILES string of the molecule is O=C(O)c1ccc(N2C(=O)C=CC2=O)c(N2CC=CC2=O)c1. The molecule has 3 amide bonds. The number of benzene rings is 1. The summed E-state index contributed by atoms with van der Waals surface area (Å²) in [5.74, 6) is -2.57. The molecule has 0 aliphatic carbocycles. The van der Waals surface area contributed by atoms with Gasteiger partial charge in [-0.25, -0.2) is 9.69 Å². The fourth-order valence-corrected chi connectivity index (χ4v) is 2.36. The Hall–Kier alpha value is -3.22. The lowest BCUT2D eigenvalue weighted by Gasteiger charge is -2.24. The van der Waals surface area contributed by atoms with E-state index in [-0.39, 0.29) is 29.4 Å². The molecule has 0 bridgehead atoms. The monoisotopic (exact) mass is 298 g/mol. The van der Waals surface area contributed by atoms with Crippen molar-refractivity contribution < 1.29 is 24.3 Å². The molecule has 1 aromatic carbocycles. The zero-order valence-electron chi connectivity index (χ0n) is 11.2. The van der Waals surface area contributed by atoms with Gasteiger partial charge in [-0.2, -0.15) is 0 Å². The van der Waals surface area contributed by atoms with Crippen molar-refractivity contribution in [1.82, 2.24) is 0 Å². The molecule has 2 aliphatic heterocycles. The van der Waals surface area contributed by atoms with E-state index < -0.39 is 17.8 Å². The van der Waals surface area contributed by atoms with Crippen molar-refractivity contribution in [3.8, 4) is 0 Å². The molecule has 0 saturated heterocycles. The number of hydrogen-bond donors (Lipinski definition) is 1. The fourth-order valence-electron chi connectivity index (χ4n) is 2.36. The Bertz CT molecular complexity index is 760. The highest BCUT2D eigenvalue weighted by molar-refractivity contribution is 6.29. The number of imide groups is 1. The van der Waals surface area contributed by atoms with Crippen molar-refractivity contribution in [2.45, 2.75) is 0 Å². The number of carboxylic acids is 1. The van der Waals surface area contributed by atoms with E-state index in [1.165, 1.54) is 29.2 Å². The predicted molar refractivity (Wildman–Crippen MR) is 76.5 cm³/mol. The summed E-state index contributed by atoms with van der Waals surface area (Å²) in [5.41, 5.74) is 0.354. The highest BCUT2D eigenvalue weighted by Gasteiger charge is 2.31. The van der Waals surface area contributed by atoms with E-state index in [2.05, 4.69) is 0 Å². The first-order chi connectivity index (χ1) is 10.5. The zero-order valence-corrected chi connectivity index (χ0v) is 11.2. The van der Waals surface area contributed by atoms with Crippen LogP contribution in [0.25, 0.3) is 0 Å². The third-order valence-corrected chi connectivity index (χ3v) is 3.38. The van der Waals surface area contributed by atoms with Crippen LogP contribution in [0.5, 0.6) is 0 Å². The quantitative estimate of drug-likeness (QED) is 0.829. The first-order valence-electron chi connectivity index (χ1n) is 6.40. The van der Waals surface area contributed by atoms with E-state index in [1.54, 1.807) is 6.08 Å². The van der Waals surface area contributed by atoms with E-state index in [9.17, 15) is 19.2 Å². The minimum atomic E-state index is -1.16. The summed E-state index contributed by atoms with van der Waals surface area (Å²) in [6.07, 6.45) is 5.22. The molecule has 1 N–H and O–H groups in total. The van der Waals surface area contributed by atoms with Crippen molar-refractivity contribution >= 4 is 35.1 Å². The Morgan fingerprint density at radius 1 is 0.955 bits per heavy atom. The van der Waals surface area contributed by atoms with Crippen molar-refractivity contribution in [2.75, 3.05) is 16.3 Å². The topological polar surface area (TPSA) is 95.0 Å². The van der Waals surface area contributed by atoms with Crippen LogP contribution in [0.3, 0.4) is 0 Å². The molecule has 7 heteroatoms. The standard InChI is InChI=1S/C15H10N2O5/c18-12-2-1-7-16(12)11-8-9(15(21)22)3-4-10(11)17-13(19)5-6-14(17)20/h1-6,8H,7H2,(H,21,22). The summed E-state index contributed by atoms with van der Waals surface area (Å²) >= 11 is 0. The van der Waals surface area contributed by atoms with Gasteiger partial charge in [0.05, 0.1) is 16.9 Å². The van der Waals surface area contributed by atoms with Gasteiger partial charge in [-0.3, -0.25) is 14.4 Å². The van der Waals surface area contributed by atoms with Crippen molar-refractivity contribution in [1.29, 1.82) is 0 Å². The van der Waals surface area contributed by atoms with E-state index in [4.69, 9.17) is 5.11 Å². The number of anilines is 2. The van der Waals surface area contributed by atoms with Crippen LogP contribution in [0.4, 0.5) is 11.4 Å². The van der Waals surface area contributed by atoms with Crippen LogP contribution in [0.1, 0.15) is 10.4 Å². The second-order valence-electron chi connectivity index (χ2n) is 4.71. The van der Waals surface area contributed by atoms with E-state index >= 15 is 0 Å². The summed E-state index contributed by atoms with van der Waals surface area (Å²) < 4.78 is 0. The molecule has 110 valence electrons. The number of rotatable bonds is 3. The molecular weight excluding hydrogens is 288 g/mol. The number of carbonyl (C=O) groups excluding carboxylic acids is 3. The molecule has 0 atom stereocenters. The Morgan fingerprint density at radius 3 is 2.18 bits per heavy atom. The molecule has 0 fully saturated rings. The normalized spacial score (nSPS) is 17.0. The second kappa shape index (κ2) is 4.96. The van der Waals surface area contributed by atoms with Crippen LogP contribution in [0.15, 0.2) is 42.5 Å². The summed E-state index contributed by atoms with van der Waals surface area (Å²) in [4.78, 5) is 48.9. The number of carbonyl (C=O) groups is 4. The first-order valence-corrected chi connectivity index (χ1v) is 6.40. The molecule has 0 spiro atoms. The average Bonchev–Trinajstić information content (AvgIpc) is 3.04. The molecule has 1 aromatic rings. The van der Waals surface area contributed by atoms with Crippen LogP contribution in [-0.4, -0.2) is 35.3 Å². The van der Waals surface area contributed by atoms with Crippen LogP contribution in [0, 0.1) is 0 Å². The minimum absolute atomic E-state index is 0.0366. The van der Waals surface area contributed by atoms with E-state index in [1.807, 2.05) is 0 Å². The molecule has 0 aromatic heterocycles. The van der Waals surface area contributed by atoms with Gasteiger partial charge < -0.3 is 10.0 Å². The van der Waals surface area contributed by atoms with Crippen LogP contribution >= 0.6 is 0 Å². The third kappa shape index (κ3) is 2.08. The molecule has 7 nitrogen and oxygen atoms in total. The summed E-state index contributed by atoms with van der Waals surface area (Å²) in [7, 11) is 0. The fraction of sp³-hybridized carbons (Fsp3) is 0.0667. The van der Waals surface area contributed by atoms with Crippen molar-refractivity contribution in [2.24, 2.45) is 0 Å². The van der Waals surface area contributed by atoms with Crippen LogP contribution in [-0.2, 0) is 14.4 Å². The molecule has 0 saturated carbocycles. The average molecular weight is 298 g/mol. The van der Waals surface area contributed by atoms with E-state index in [0.29, 0.717) is 0 Å². The van der Waals surface area contributed by atoms with Gasteiger partial charge in [-0.15, -0.1) is 0 Å². The van der Waals surface area contributed by atoms with Gasteiger partial charge in [0.1, 0.15) is 0 Å². The second-order valence-corrected chi connectivity index (χ2v) is 4.71. The maximum absolute atomic E-state index is 11.9. The Balaban J connectivity index is 2.13. The predicted octanol–water partition coefficient (Wildman–Crippen LogP) is 0.717. The van der Waals surface area contributed by atoms with Crippen molar-refractivity contribution in [3.05, 3.63) is 48.1 Å². The summed E-state index contributed by atoms with van der Waals surface area (Å²) in [5, 5.41) is 9.10. The van der Waals surface area contributed by atoms with Gasteiger partial charge in [-0.1, -0.05) is 6.08 Å². The highest BCUT2D eigenvalue weighted by atomic mass is 16.4. The smallest absolute Gasteiger partial charge is 0.335 e. The zero-order chi connectivity index (χ0) is 15.9. The highest BCUT2D eigenvalue weighted by Crippen LogP contribution is 2.34. The number of nitrogens with zero attached hydrogens (tertiary/aromatic N) is 2. The molecule has 3 rings (SSSR count). The summed E-state index contributed by atoms with van der Waals surface area (Å²) in [6, 6.07) is 3.92. The molecular formula is C15H10N2O5. The molecule has 0 radical (unpaired) electrons. The number of amides is 3. The maximum Gasteiger partial charge on any atom is 0.335 e. The number of carboxylic acid groups (broad SMARTS) is 1. The first kappa shape index (κ1) is 13.7. The van der Waals surface area contributed by atoms with Crippen LogP contribution < -0.4 is 9.80 Å². The van der Waals surface area contributed by atoms with E-state index in [0.717, 1.165) is 17.1 Å². The Labute approximate surface area is 124 Å². The lowest BCUT2D eigenvalue weighted by Crippen LogP contribution is -2.33. The summed E-state index contributed by atoms with van der Waals surface area (Å²) in [6.45, 7) is 0.249. The third-order valence-electron chi connectivity index (χ3n) is 3.38.